The lowest BCUT2D eigenvalue weighted by atomic mass is 9.94. The van der Waals surface area contributed by atoms with Crippen molar-refractivity contribution in [2.24, 2.45) is 11.0 Å². The SMILES string of the molecule is O=C(O)C1C=CC2C(=C1)C=NN2Cc1cccc(C(F)(F)F)c1. The molecule has 2 atom stereocenters. The fraction of sp³-hybridized carbons (Fsp3) is 0.250. The summed E-state index contributed by atoms with van der Waals surface area (Å²) < 4.78 is 38.2. The fourth-order valence-electron chi connectivity index (χ4n) is 2.63. The number of benzene rings is 1. The largest absolute Gasteiger partial charge is 0.481 e. The number of rotatable bonds is 3. The van der Waals surface area contributed by atoms with Crippen LogP contribution in [0.3, 0.4) is 0 Å². The van der Waals surface area contributed by atoms with Gasteiger partial charge in [-0.1, -0.05) is 30.4 Å². The summed E-state index contributed by atoms with van der Waals surface area (Å²) in [6.07, 6.45) is 2.05. The van der Waals surface area contributed by atoms with Gasteiger partial charge in [0, 0.05) is 0 Å². The Morgan fingerprint density at radius 2 is 2.09 bits per heavy atom. The monoisotopic (exact) mass is 322 g/mol. The average Bonchev–Trinajstić information content (AvgIpc) is 2.89. The van der Waals surface area contributed by atoms with Crippen LogP contribution in [0.2, 0.25) is 0 Å². The van der Waals surface area contributed by atoms with Crippen molar-refractivity contribution < 1.29 is 23.1 Å². The highest BCUT2D eigenvalue weighted by atomic mass is 19.4. The Kier molecular flexibility index (Phi) is 3.71. The van der Waals surface area contributed by atoms with Crippen LogP contribution in [0.5, 0.6) is 0 Å². The number of nitrogens with zero attached hydrogens (tertiary/aromatic N) is 2. The van der Waals surface area contributed by atoms with Crippen molar-refractivity contribution in [2.45, 2.75) is 18.8 Å². The third-order valence-electron chi connectivity index (χ3n) is 3.77. The third kappa shape index (κ3) is 3.13. The quantitative estimate of drug-likeness (QED) is 0.870. The normalized spacial score (nSPS) is 22.9. The maximum atomic E-state index is 12.7. The van der Waals surface area contributed by atoms with Gasteiger partial charge in [0.2, 0.25) is 0 Å². The van der Waals surface area contributed by atoms with E-state index in [1.165, 1.54) is 6.07 Å². The molecule has 0 aromatic heterocycles. The Hall–Kier alpha value is -2.57. The Morgan fingerprint density at radius 1 is 1.30 bits per heavy atom. The summed E-state index contributed by atoms with van der Waals surface area (Å²) >= 11 is 0. The summed E-state index contributed by atoms with van der Waals surface area (Å²) in [5.74, 6) is -1.64. The molecule has 2 aliphatic rings. The molecule has 2 unspecified atom stereocenters. The molecule has 0 saturated carbocycles. The molecule has 1 heterocycles. The van der Waals surface area contributed by atoms with Crippen LogP contribution in [0.1, 0.15) is 11.1 Å². The molecule has 4 nitrogen and oxygen atoms in total. The maximum absolute atomic E-state index is 12.7. The molecule has 23 heavy (non-hydrogen) atoms. The summed E-state index contributed by atoms with van der Waals surface area (Å²) in [6, 6.07) is 4.87. The summed E-state index contributed by atoms with van der Waals surface area (Å²) in [4.78, 5) is 11.0. The highest BCUT2D eigenvalue weighted by Gasteiger charge is 2.32. The number of hydrogen-bond donors (Lipinski definition) is 1. The van der Waals surface area contributed by atoms with Gasteiger partial charge in [0.05, 0.1) is 30.3 Å². The molecule has 0 radical (unpaired) electrons. The van der Waals surface area contributed by atoms with Gasteiger partial charge >= 0.3 is 12.1 Å². The molecule has 7 heteroatoms. The molecule has 120 valence electrons. The van der Waals surface area contributed by atoms with E-state index in [2.05, 4.69) is 5.10 Å². The number of hydrazone groups is 1. The molecular weight excluding hydrogens is 309 g/mol. The van der Waals surface area contributed by atoms with Gasteiger partial charge in [-0.15, -0.1) is 0 Å². The molecule has 0 bridgehead atoms. The smallest absolute Gasteiger partial charge is 0.416 e. The highest BCUT2D eigenvalue weighted by molar-refractivity contribution is 5.86. The lowest BCUT2D eigenvalue weighted by molar-refractivity contribution is -0.139. The molecular formula is C16H13F3N2O2. The maximum Gasteiger partial charge on any atom is 0.416 e. The van der Waals surface area contributed by atoms with Gasteiger partial charge < -0.3 is 5.11 Å². The van der Waals surface area contributed by atoms with E-state index in [0.717, 1.165) is 17.7 Å². The van der Waals surface area contributed by atoms with E-state index in [1.807, 2.05) is 0 Å². The Balaban J connectivity index is 1.76. The molecule has 1 aromatic rings. The van der Waals surface area contributed by atoms with Gasteiger partial charge in [0.15, 0.2) is 0 Å². The van der Waals surface area contributed by atoms with Gasteiger partial charge in [-0.3, -0.25) is 9.80 Å². The molecule has 0 fully saturated rings. The van der Waals surface area contributed by atoms with E-state index in [0.29, 0.717) is 5.56 Å². The fourth-order valence-corrected chi connectivity index (χ4v) is 2.63. The van der Waals surface area contributed by atoms with Crippen LogP contribution >= 0.6 is 0 Å². The summed E-state index contributed by atoms with van der Waals surface area (Å²) in [6.45, 7) is 0.213. The van der Waals surface area contributed by atoms with Gasteiger partial charge in [-0.05, 0) is 23.3 Å². The highest BCUT2D eigenvalue weighted by Crippen LogP contribution is 2.31. The van der Waals surface area contributed by atoms with Crippen LogP contribution < -0.4 is 0 Å². The van der Waals surface area contributed by atoms with Crippen LogP contribution in [0.4, 0.5) is 13.2 Å². The Labute approximate surface area is 130 Å². The second-order valence-corrected chi connectivity index (χ2v) is 5.40. The van der Waals surface area contributed by atoms with E-state index in [1.54, 1.807) is 35.5 Å². The van der Waals surface area contributed by atoms with Crippen molar-refractivity contribution >= 4 is 12.2 Å². The van der Waals surface area contributed by atoms with Crippen LogP contribution in [0, 0.1) is 5.92 Å². The lowest BCUT2D eigenvalue weighted by Gasteiger charge is -2.25. The molecule has 1 aromatic carbocycles. The van der Waals surface area contributed by atoms with Crippen LogP contribution in [0.15, 0.2) is 53.2 Å². The van der Waals surface area contributed by atoms with Gasteiger partial charge in [0.25, 0.3) is 0 Å². The van der Waals surface area contributed by atoms with Crippen LogP contribution in [-0.2, 0) is 17.5 Å². The molecule has 0 saturated heterocycles. The minimum absolute atomic E-state index is 0.213. The first-order valence-corrected chi connectivity index (χ1v) is 6.94. The predicted molar refractivity (Wildman–Crippen MR) is 77.6 cm³/mol. The van der Waals surface area contributed by atoms with Crippen LogP contribution in [0.25, 0.3) is 0 Å². The number of carboxylic acids is 1. The number of aliphatic carboxylic acids is 1. The van der Waals surface area contributed by atoms with E-state index >= 15 is 0 Å². The summed E-state index contributed by atoms with van der Waals surface area (Å²) in [5.41, 5.74) is 0.540. The number of alkyl halides is 3. The van der Waals surface area contributed by atoms with Crippen LogP contribution in [-0.4, -0.2) is 28.3 Å². The number of fused-ring (bicyclic) bond motifs is 1. The molecule has 3 rings (SSSR count). The minimum atomic E-state index is -4.38. The van der Waals surface area contributed by atoms with E-state index in [9.17, 15) is 18.0 Å². The third-order valence-corrected chi connectivity index (χ3v) is 3.77. The number of halogens is 3. The molecule has 1 aliphatic carbocycles. The Bertz CT molecular complexity index is 722. The number of carboxylic acid groups (broad SMARTS) is 1. The molecule has 0 amide bonds. The standard InChI is InChI=1S/C16H13F3N2O2/c17-16(18,19)13-3-1-2-10(6-13)9-21-14-5-4-11(15(22)23)7-12(14)8-20-21/h1-8,11,14H,9H2,(H,22,23). The van der Waals surface area contributed by atoms with Gasteiger partial charge in [-0.25, -0.2) is 0 Å². The van der Waals surface area contributed by atoms with Crippen molar-refractivity contribution in [1.82, 2.24) is 5.01 Å². The Morgan fingerprint density at radius 3 is 2.78 bits per heavy atom. The van der Waals surface area contributed by atoms with Gasteiger partial charge in [-0.2, -0.15) is 18.3 Å². The minimum Gasteiger partial charge on any atom is -0.481 e. The zero-order valence-electron chi connectivity index (χ0n) is 11.9. The zero-order valence-corrected chi connectivity index (χ0v) is 11.9. The second kappa shape index (κ2) is 5.57. The first-order chi connectivity index (χ1) is 10.8. The second-order valence-electron chi connectivity index (χ2n) is 5.40. The average molecular weight is 322 g/mol. The van der Waals surface area contributed by atoms with Crippen molar-refractivity contribution in [2.75, 3.05) is 0 Å². The van der Waals surface area contributed by atoms with E-state index < -0.39 is 23.6 Å². The lowest BCUT2D eigenvalue weighted by Crippen LogP contribution is -2.28. The van der Waals surface area contributed by atoms with E-state index in [-0.39, 0.29) is 12.6 Å². The predicted octanol–water partition coefficient (Wildman–Crippen LogP) is 3.07. The van der Waals surface area contributed by atoms with Crippen molar-refractivity contribution in [3.63, 3.8) is 0 Å². The van der Waals surface area contributed by atoms with Crippen molar-refractivity contribution in [3.8, 4) is 0 Å². The van der Waals surface area contributed by atoms with E-state index in [4.69, 9.17) is 5.11 Å². The molecule has 1 aliphatic heterocycles. The summed E-state index contributed by atoms with van der Waals surface area (Å²) in [7, 11) is 0. The molecule has 0 spiro atoms. The van der Waals surface area contributed by atoms with Gasteiger partial charge in [0.1, 0.15) is 0 Å². The van der Waals surface area contributed by atoms with Crippen molar-refractivity contribution in [3.05, 3.63) is 59.2 Å². The summed E-state index contributed by atoms with van der Waals surface area (Å²) in [5, 5.41) is 14.8. The zero-order chi connectivity index (χ0) is 16.6. The number of carbonyl (C=O) groups is 1. The van der Waals surface area contributed by atoms with Crippen molar-refractivity contribution in [1.29, 1.82) is 0 Å². The molecule has 1 N–H and O–H groups in total. The first-order valence-electron chi connectivity index (χ1n) is 6.94. The topological polar surface area (TPSA) is 52.9 Å². The number of hydrogen-bond acceptors (Lipinski definition) is 3. The first kappa shape index (κ1) is 15.3.